The molecule has 1 aromatic carbocycles. The summed E-state index contributed by atoms with van der Waals surface area (Å²) in [6.07, 6.45) is 0. The normalized spacial score (nSPS) is 15.6. The summed E-state index contributed by atoms with van der Waals surface area (Å²) in [5.41, 5.74) is 7.40. The minimum atomic E-state index is -0.0459. The average molecular weight is 221 g/mol. The zero-order valence-corrected chi connectivity index (χ0v) is 8.88. The highest BCUT2D eigenvalue weighted by Crippen LogP contribution is 2.10. The molecule has 3 N–H and O–H groups in total. The Morgan fingerprint density at radius 1 is 1.40 bits per heavy atom. The van der Waals surface area contributed by atoms with Gasteiger partial charge in [0.05, 0.1) is 6.54 Å². The maximum atomic E-state index is 11.0. The molecule has 1 fully saturated rings. The van der Waals surface area contributed by atoms with Crippen molar-refractivity contribution in [3.05, 3.63) is 29.8 Å². The Bertz CT molecular complexity index is 402. The molecule has 15 heavy (non-hydrogen) atoms. The van der Waals surface area contributed by atoms with Crippen LogP contribution in [-0.2, 0) is 11.3 Å². The van der Waals surface area contributed by atoms with Gasteiger partial charge >= 0.3 is 0 Å². The first kappa shape index (κ1) is 9.92. The quantitative estimate of drug-likeness (QED) is 0.563. The molecule has 1 aliphatic heterocycles. The van der Waals surface area contributed by atoms with Crippen LogP contribution in [0.1, 0.15) is 5.56 Å². The molecule has 1 amide bonds. The lowest BCUT2D eigenvalue weighted by Gasteiger charge is -2.15. The largest absolute Gasteiger partial charge is 0.399 e. The number of nitrogens with zero attached hydrogens (tertiary/aromatic N) is 1. The molecular formula is C10H11N3OS. The summed E-state index contributed by atoms with van der Waals surface area (Å²) in [4.78, 5) is 12.9. The Labute approximate surface area is 93.1 Å². The Morgan fingerprint density at radius 3 is 2.60 bits per heavy atom. The monoisotopic (exact) mass is 221 g/mol. The molecule has 1 aliphatic rings. The Morgan fingerprint density at radius 2 is 2.07 bits per heavy atom. The lowest BCUT2D eigenvalue weighted by Crippen LogP contribution is -2.27. The van der Waals surface area contributed by atoms with Crippen LogP contribution in [0.25, 0.3) is 0 Å². The van der Waals surface area contributed by atoms with Crippen molar-refractivity contribution < 1.29 is 4.79 Å². The highest BCUT2D eigenvalue weighted by molar-refractivity contribution is 7.80. The molecular weight excluding hydrogens is 210 g/mol. The zero-order valence-electron chi connectivity index (χ0n) is 8.06. The Kier molecular flexibility index (Phi) is 2.55. The molecule has 0 unspecified atom stereocenters. The summed E-state index contributed by atoms with van der Waals surface area (Å²) in [7, 11) is 0. The fourth-order valence-corrected chi connectivity index (χ4v) is 1.70. The standard InChI is InChI=1S/C10H11N3OS/c11-8-3-1-7(2-4-8)5-13-6-9(14)12-10(13)15/h1-4H,5-6,11H2,(H,12,14,15). The first-order chi connectivity index (χ1) is 7.15. The van der Waals surface area contributed by atoms with Crippen molar-refractivity contribution in [3.8, 4) is 0 Å². The molecule has 1 saturated heterocycles. The minimum Gasteiger partial charge on any atom is -0.399 e. The van der Waals surface area contributed by atoms with E-state index in [0.29, 0.717) is 18.2 Å². The van der Waals surface area contributed by atoms with Crippen LogP contribution < -0.4 is 11.1 Å². The number of benzene rings is 1. The fourth-order valence-electron chi connectivity index (χ4n) is 1.45. The summed E-state index contributed by atoms with van der Waals surface area (Å²) in [6.45, 7) is 0.973. The van der Waals surface area contributed by atoms with Gasteiger partial charge in [-0.2, -0.15) is 0 Å². The van der Waals surface area contributed by atoms with E-state index in [9.17, 15) is 4.79 Å². The first-order valence-electron chi connectivity index (χ1n) is 4.58. The Balaban J connectivity index is 2.06. The smallest absolute Gasteiger partial charge is 0.245 e. The SMILES string of the molecule is Nc1ccc(CN2CC(=O)NC2=S)cc1. The van der Waals surface area contributed by atoms with Crippen molar-refractivity contribution in [2.45, 2.75) is 6.54 Å². The van der Waals surface area contributed by atoms with E-state index in [-0.39, 0.29) is 5.91 Å². The van der Waals surface area contributed by atoms with Gasteiger partial charge in [0.15, 0.2) is 5.11 Å². The lowest BCUT2D eigenvalue weighted by molar-refractivity contribution is -0.118. The van der Waals surface area contributed by atoms with Crippen LogP contribution in [0.3, 0.4) is 0 Å². The maximum absolute atomic E-state index is 11.0. The predicted molar refractivity (Wildman–Crippen MR) is 62.0 cm³/mol. The second-order valence-electron chi connectivity index (χ2n) is 3.45. The van der Waals surface area contributed by atoms with Crippen LogP contribution in [0, 0.1) is 0 Å². The van der Waals surface area contributed by atoms with Crippen LogP contribution in [0.15, 0.2) is 24.3 Å². The molecule has 0 radical (unpaired) electrons. The second kappa shape index (κ2) is 3.86. The highest BCUT2D eigenvalue weighted by atomic mass is 32.1. The van der Waals surface area contributed by atoms with Gasteiger partial charge in [-0.25, -0.2) is 0 Å². The van der Waals surface area contributed by atoms with Gasteiger partial charge in [-0.1, -0.05) is 12.1 Å². The van der Waals surface area contributed by atoms with Gasteiger partial charge < -0.3 is 16.0 Å². The summed E-state index contributed by atoms with van der Waals surface area (Å²) in [5.74, 6) is -0.0459. The maximum Gasteiger partial charge on any atom is 0.245 e. The van der Waals surface area contributed by atoms with Gasteiger partial charge in [-0.05, 0) is 29.9 Å². The summed E-state index contributed by atoms with van der Waals surface area (Å²) >= 11 is 5.01. The van der Waals surface area contributed by atoms with E-state index >= 15 is 0 Å². The van der Waals surface area contributed by atoms with Crippen LogP contribution in [-0.4, -0.2) is 22.5 Å². The van der Waals surface area contributed by atoms with Gasteiger partial charge in [-0.3, -0.25) is 4.79 Å². The molecule has 1 aromatic rings. The van der Waals surface area contributed by atoms with Gasteiger partial charge in [0.2, 0.25) is 5.91 Å². The molecule has 0 spiro atoms. The van der Waals surface area contributed by atoms with Gasteiger partial charge in [0, 0.05) is 12.2 Å². The molecule has 5 heteroatoms. The van der Waals surface area contributed by atoms with Gasteiger partial charge in [-0.15, -0.1) is 0 Å². The molecule has 0 bridgehead atoms. The third-order valence-corrected chi connectivity index (χ3v) is 2.58. The van der Waals surface area contributed by atoms with E-state index in [2.05, 4.69) is 5.32 Å². The molecule has 2 rings (SSSR count). The number of nitrogens with two attached hydrogens (primary N) is 1. The number of anilines is 1. The molecule has 0 saturated carbocycles. The van der Waals surface area contributed by atoms with E-state index in [4.69, 9.17) is 18.0 Å². The van der Waals surface area contributed by atoms with Gasteiger partial charge in [0.25, 0.3) is 0 Å². The summed E-state index contributed by atoms with van der Waals surface area (Å²) < 4.78 is 0. The lowest BCUT2D eigenvalue weighted by atomic mass is 10.2. The number of thiocarbonyl (C=S) groups is 1. The van der Waals surface area contributed by atoms with Crippen molar-refractivity contribution in [1.29, 1.82) is 0 Å². The number of rotatable bonds is 2. The summed E-state index contributed by atoms with van der Waals surface area (Å²) in [5, 5.41) is 3.09. The predicted octanol–water partition coefficient (Wildman–Crippen LogP) is 0.485. The molecule has 0 atom stereocenters. The molecule has 4 nitrogen and oxygen atoms in total. The van der Waals surface area contributed by atoms with Gasteiger partial charge in [0.1, 0.15) is 0 Å². The van der Waals surface area contributed by atoms with Crippen molar-refractivity contribution in [2.24, 2.45) is 0 Å². The number of hydrogen-bond acceptors (Lipinski definition) is 3. The number of nitrogen functional groups attached to an aromatic ring is 1. The van der Waals surface area contributed by atoms with Crippen LogP contribution in [0.4, 0.5) is 5.69 Å². The van der Waals surface area contributed by atoms with Crippen molar-refractivity contribution >= 4 is 28.9 Å². The van der Waals surface area contributed by atoms with E-state index in [1.807, 2.05) is 29.2 Å². The third kappa shape index (κ3) is 2.24. The van der Waals surface area contributed by atoms with E-state index < -0.39 is 0 Å². The number of hydrogen-bond donors (Lipinski definition) is 2. The average Bonchev–Trinajstić information content (AvgIpc) is 2.49. The molecule has 0 aromatic heterocycles. The van der Waals surface area contributed by atoms with E-state index in [1.165, 1.54) is 0 Å². The zero-order chi connectivity index (χ0) is 10.8. The van der Waals surface area contributed by atoms with Crippen LogP contribution in [0.5, 0.6) is 0 Å². The van der Waals surface area contributed by atoms with Crippen LogP contribution >= 0.6 is 12.2 Å². The highest BCUT2D eigenvalue weighted by Gasteiger charge is 2.22. The van der Waals surface area contributed by atoms with Crippen molar-refractivity contribution in [1.82, 2.24) is 10.2 Å². The number of amides is 1. The number of carbonyl (C=O) groups is 1. The fraction of sp³-hybridized carbons (Fsp3) is 0.200. The third-order valence-electron chi connectivity index (χ3n) is 2.22. The van der Waals surface area contributed by atoms with E-state index in [0.717, 1.165) is 11.3 Å². The van der Waals surface area contributed by atoms with Crippen molar-refractivity contribution in [3.63, 3.8) is 0 Å². The number of carbonyl (C=O) groups excluding carboxylic acids is 1. The molecule has 1 heterocycles. The second-order valence-corrected chi connectivity index (χ2v) is 3.84. The molecule has 78 valence electrons. The van der Waals surface area contributed by atoms with Crippen molar-refractivity contribution in [2.75, 3.05) is 12.3 Å². The van der Waals surface area contributed by atoms with E-state index in [1.54, 1.807) is 0 Å². The first-order valence-corrected chi connectivity index (χ1v) is 4.99. The minimum absolute atomic E-state index is 0.0459. The molecule has 0 aliphatic carbocycles. The number of nitrogens with one attached hydrogen (secondary N) is 1. The summed E-state index contributed by atoms with van der Waals surface area (Å²) in [6, 6.07) is 7.54. The topological polar surface area (TPSA) is 58.4 Å². The van der Waals surface area contributed by atoms with Crippen LogP contribution in [0.2, 0.25) is 0 Å². The Hall–Kier alpha value is -1.62.